The average molecular weight is 247 g/mol. The van der Waals surface area contributed by atoms with E-state index in [1.165, 1.54) is 12.1 Å². The summed E-state index contributed by atoms with van der Waals surface area (Å²) in [6.45, 7) is 3.22. The highest BCUT2D eigenvalue weighted by molar-refractivity contribution is 5.28. The van der Waals surface area contributed by atoms with Gasteiger partial charge in [-0.25, -0.2) is 0 Å². The van der Waals surface area contributed by atoms with Gasteiger partial charge in [0.25, 0.3) is 0 Å². The zero-order valence-electron chi connectivity index (χ0n) is 9.75. The van der Waals surface area contributed by atoms with Gasteiger partial charge in [-0.3, -0.25) is 0 Å². The maximum atomic E-state index is 12.5. The summed E-state index contributed by atoms with van der Waals surface area (Å²) in [7, 11) is 0. The van der Waals surface area contributed by atoms with E-state index in [-0.39, 0.29) is 6.61 Å². The van der Waals surface area contributed by atoms with Crippen LogP contribution in [-0.2, 0) is 6.18 Å². The Morgan fingerprint density at radius 3 is 2.35 bits per heavy atom. The third kappa shape index (κ3) is 3.20. The molecule has 0 aromatic heterocycles. The van der Waals surface area contributed by atoms with E-state index in [1.54, 1.807) is 13.8 Å². The molecule has 1 aromatic carbocycles. The van der Waals surface area contributed by atoms with Crippen LogP contribution in [0.15, 0.2) is 24.3 Å². The molecule has 0 fully saturated rings. The van der Waals surface area contributed by atoms with Crippen LogP contribution in [0.4, 0.5) is 13.2 Å². The zero-order valence-corrected chi connectivity index (χ0v) is 9.75. The van der Waals surface area contributed by atoms with Crippen molar-refractivity contribution in [1.29, 1.82) is 0 Å². The second-order valence-corrected chi connectivity index (χ2v) is 4.75. The van der Waals surface area contributed by atoms with E-state index in [2.05, 4.69) is 0 Å². The van der Waals surface area contributed by atoms with Crippen molar-refractivity contribution < 1.29 is 18.3 Å². The predicted molar refractivity (Wildman–Crippen MR) is 59.2 cm³/mol. The smallest absolute Gasteiger partial charge is 0.396 e. The standard InChI is InChI=1S/C12H16F3NO/c1-11(2,7-17)10(16)8-4-3-5-9(6-8)12(13,14)15/h3-6,10,17H,7,16H2,1-2H3/t10-/m0/s1. The minimum Gasteiger partial charge on any atom is -0.396 e. The van der Waals surface area contributed by atoms with E-state index in [1.807, 2.05) is 0 Å². The Hall–Kier alpha value is -1.07. The number of aliphatic hydroxyl groups excluding tert-OH is 1. The maximum Gasteiger partial charge on any atom is 0.416 e. The largest absolute Gasteiger partial charge is 0.416 e. The second kappa shape index (κ2) is 4.66. The number of alkyl halides is 3. The summed E-state index contributed by atoms with van der Waals surface area (Å²) in [4.78, 5) is 0. The summed E-state index contributed by atoms with van der Waals surface area (Å²) < 4.78 is 37.6. The SMILES string of the molecule is CC(C)(CO)[C@@H](N)c1cccc(C(F)(F)F)c1. The first kappa shape index (κ1) is 14.0. The van der Waals surface area contributed by atoms with Gasteiger partial charge in [0.1, 0.15) is 0 Å². The van der Waals surface area contributed by atoms with Crippen LogP contribution in [-0.4, -0.2) is 11.7 Å². The van der Waals surface area contributed by atoms with Gasteiger partial charge in [-0.1, -0.05) is 26.0 Å². The summed E-state index contributed by atoms with van der Waals surface area (Å²) in [6.07, 6.45) is -4.38. The van der Waals surface area contributed by atoms with Gasteiger partial charge in [0, 0.05) is 18.1 Å². The van der Waals surface area contributed by atoms with Crippen molar-refractivity contribution in [3.8, 4) is 0 Å². The van der Waals surface area contributed by atoms with Gasteiger partial charge in [-0.05, 0) is 17.7 Å². The number of nitrogens with two attached hydrogens (primary N) is 1. The van der Waals surface area contributed by atoms with Crippen molar-refractivity contribution in [3.63, 3.8) is 0 Å². The van der Waals surface area contributed by atoms with Crippen LogP contribution in [0, 0.1) is 5.41 Å². The molecule has 0 heterocycles. The van der Waals surface area contributed by atoms with Gasteiger partial charge >= 0.3 is 6.18 Å². The van der Waals surface area contributed by atoms with Crippen LogP contribution in [0.1, 0.15) is 31.0 Å². The summed E-state index contributed by atoms with van der Waals surface area (Å²) in [5.41, 5.74) is 4.86. The number of halogens is 3. The summed E-state index contributed by atoms with van der Waals surface area (Å²) in [6, 6.07) is 4.25. The molecule has 0 aliphatic heterocycles. The summed E-state index contributed by atoms with van der Waals surface area (Å²) in [5.74, 6) is 0. The highest BCUT2D eigenvalue weighted by Gasteiger charge is 2.32. The Morgan fingerprint density at radius 2 is 1.88 bits per heavy atom. The van der Waals surface area contributed by atoms with Gasteiger partial charge in [0.2, 0.25) is 0 Å². The maximum absolute atomic E-state index is 12.5. The fraction of sp³-hybridized carbons (Fsp3) is 0.500. The molecule has 0 radical (unpaired) electrons. The lowest BCUT2D eigenvalue weighted by Crippen LogP contribution is -2.32. The molecule has 0 aliphatic rings. The van der Waals surface area contributed by atoms with Gasteiger partial charge in [0.15, 0.2) is 0 Å². The highest BCUT2D eigenvalue weighted by Crippen LogP contribution is 2.34. The van der Waals surface area contributed by atoms with Gasteiger partial charge in [-0.15, -0.1) is 0 Å². The Bertz CT molecular complexity index is 388. The van der Waals surface area contributed by atoms with Gasteiger partial charge in [-0.2, -0.15) is 13.2 Å². The van der Waals surface area contributed by atoms with Crippen LogP contribution >= 0.6 is 0 Å². The Labute approximate surface area is 98.3 Å². The van der Waals surface area contributed by atoms with Crippen molar-refractivity contribution in [2.24, 2.45) is 11.1 Å². The molecule has 1 aromatic rings. The molecule has 0 saturated heterocycles. The molecule has 1 rings (SSSR count). The second-order valence-electron chi connectivity index (χ2n) is 4.75. The molecule has 0 amide bonds. The fourth-order valence-corrected chi connectivity index (χ4v) is 1.46. The van der Waals surface area contributed by atoms with E-state index in [4.69, 9.17) is 10.8 Å². The van der Waals surface area contributed by atoms with E-state index < -0.39 is 23.2 Å². The van der Waals surface area contributed by atoms with E-state index in [0.717, 1.165) is 12.1 Å². The average Bonchev–Trinajstić information content (AvgIpc) is 2.27. The van der Waals surface area contributed by atoms with Crippen LogP contribution in [0.2, 0.25) is 0 Å². The molecule has 0 bridgehead atoms. The monoisotopic (exact) mass is 247 g/mol. The van der Waals surface area contributed by atoms with Crippen LogP contribution in [0.25, 0.3) is 0 Å². The van der Waals surface area contributed by atoms with E-state index in [9.17, 15) is 13.2 Å². The quantitative estimate of drug-likeness (QED) is 0.862. The number of hydrogen-bond donors (Lipinski definition) is 2. The van der Waals surface area contributed by atoms with Crippen molar-refractivity contribution in [3.05, 3.63) is 35.4 Å². The first-order valence-corrected chi connectivity index (χ1v) is 5.22. The number of rotatable bonds is 3. The van der Waals surface area contributed by atoms with Gasteiger partial charge < -0.3 is 10.8 Å². The van der Waals surface area contributed by atoms with Crippen LogP contribution in [0.5, 0.6) is 0 Å². The van der Waals surface area contributed by atoms with Crippen molar-refractivity contribution >= 4 is 0 Å². The van der Waals surface area contributed by atoms with E-state index in [0.29, 0.717) is 5.56 Å². The molecular weight excluding hydrogens is 231 g/mol. The van der Waals surface area contributed by atoms with E-state index >= 15 is 0 Å². The third-order valence-electron chi connectivity index (χ3n) is 2.82. The first-order valence-electron chi connectivity index (χ1n) is 5.22. The Balaban J connectivity index is 3.08. The molecule has 0 unspecified atom stereocenters. The lowest BCUT2D eigenvalue weighted by Gasteiger charge is -2.30. The zero-order chi connectivity index (χ0) is 13.3. The van der Waals surface area contributed by atoms with Crippen LogP contribution < -0.4 is 5.73 Å². The fourth-order valence-electron chi connectivity index (χ4n) is 1.46. The molecule has 17 heavy (non-hydrogen) atoms. The number of benzene rings is 1. The minimum absolute atomic E-state index is 0.190. The first-order chi connectivity index (χ1) is 7.68. The summed E-state index contributed by atoms with van der Waals surface area (Å²) >= 11 is 0. The van der Waals surface area contributed by atoms with Gasteiger partial charge in [0.05, 0.1) is 5.56 Å². The summed E-state index contributed by atoms with van der Waals surface area (Å²) in [5, 5.41) is 9.15. The molecule has 5 heteroatoms. The number of hydrogen-bond acceptors (Lipinski definition) is 2. The molecular formula is C12H16F3NO. The highest BCUT2D eigenvalue weighted by atomic mass is 19.4. The minimum atomic E-state index is -4.38. The lowest BCUT2D eigenvalue weighted by atomic mass is 9.81. The lowest BCUT2D eigenvalue weighted by molar-refractivity contribution is -0.137. The molecule has 0 aliphatic carbocycles. The Kier molecular flexibility index (Phi) is 3.84. The predicted octanol–water partition coefficient (Wildman–Crippen LogP) is 2.72. The molecule has 96 valence electrons. The molecule has 2 nitrogen and oxygen atoms in total. The normalized spacial score (nSPS) is 14.8. The van der Waals surface area contributed by atoms with Crippen molar-refractivity contribution in [2.45, 2.75) is 26.1 Å². The molecule has 0 saturated carbocycles. The van der Waals surface area contributed by atoms with Crippen molar-refractivity contribution in [2.75, 3.05) is 6.61 Å². The topological polar surface area (TPSA) is 46.2 Å². The van der Waals surface area contributed by atoms with Crippen molar-refractivity contribution in [1.82, 2.24) is 0 Å². The third-order valence-corrected chi connectivity index (χ3v) is 2.82. The van der Waals surface area contributed by atoms with Crippen LogP contribution in [0.3, 0.4) is 0 Å². The Morgan fingerprint density at radius 1 is 1.29 bits per heavy atom. The molecule has 0 spiro atoms. The molecule has 3 N–H and O–H groups in total. The number of aliphatic hydroxyl groups is 1. The molecule has 1 atom stereocenters.